The van der Waals surface area contributed by atoms with Crippen molar-refractivity contribution in [2.45, 2.75) is 31.6 Å². The molecule has 1 unspecified atom stereocenters. The monoisotopic (exact) mass is 227 g/mol. The van der Waals surface area contributed by atoms with Crippen LogP contribution < -0.4 is 14.8 Å². The molecule has 2 rings (SSSR count). The van der Waals surface area contributed by atoms with Crippen LogP contribution in [-0.2, 0) is 6.42 Å². The van der Waals surface area contributed by atoms with Crippen LogP contribution in [0.4, 0.5) is 0 Å². The standard InChI is InChI=1S/C12H15B2NO2/c1-8(15-12(2,13)14)5-9-3-4-10-11(6-9)17-7-16-10/h3-4,6,8,15H,5,7H2,1-2H3. The van der Waals surface area contributed by atoms with Gasteiger partial charge in [0.25, 0.3) is 0 Å². The number of nitrogens with one attached hydrogen (secondary N) is 1. The van der Waals surface area contributed by atoms with E-state index in [2.05, 4.69) is 5.32 Å². The minimum absolute atomic E-state index is 0.190. The SMILES string of the molecule is [B]C([B])(C)NC(C)Cc1ccc2c(c1)OCO2. The molecular formula is C12H15B2NO2. The lowest BCUT2D eigenvalue weighted by Gasteiger charge is -2.27. The van der Waals surface area contributed by atoms with E-state index in [-0.39, 0.29) is 6.04 Å². The molecule has 0 bridgehead atoms. The summed E-state index contributed by atoms with van der Waals surface area (Å²) in [6.45, 7) is 4.09. The van der Waals surface area contributed by atoms with Gasteiger partial charge in [0.1, 0.15) is 0 Å². The third-order valence-corrected chi connectivity index (χ3v) is 2.54. The average Bonchev–Trinajstić information content (AvgIpc) is 2.61. The number of fused-ring (bicyclic) bond motifs is 1. The van der Waals surface area contributed by atoms with Gasteiger partial charge in [-0.2, -0.15) is 0 Å². The molecule has 1 N–H and O–H groups in total. The van der Waals surface area contributed by atoms with Crippen LogP contribution in [0, 0.1) is 0 Å². The van der Waals surface area contributed by atoms with Crippen LogP contribution in [0.15, 0.2) is 18.2 Å². The fourth-order valence-electron chi connectivity index (χ4n) is 2.00. The Morgan fingerprint density at radius 1 is 1.35 bits per heavy atom. The van der Waals surface area contributed by atoms with Gasteiger partial charge >= 0.3 is 0 Å². The van der Waals surface area contributed by atoms with Crippen LogP contribution in [0.1, 0.15) is 19.4 Å². The van der Waals surface area contributed by atoms with Gasteiger partial charge in [0, 0.05) is 6.04 Å². The van der Waals surface area contributed by atoms with E-state index in [9.17, 15) is 0 Å². The van der Waals surface area contributed by atoms with Crippen molar-refractivity contribution in [1.82, 2.24) is 5.32 Å². The van der Waals surface area contributed by atoms with Gasteiger partial charge < -0.3 is 14.8 Å². The zero-order valence-electron chi connectivity index (χ0n) is 10.2. The van der Waals surface area contributed by atoms with E-state index in [1.54, 1.807) is 6.92 Å². The van der Waals surface area contributed by atoms with Crippen LogP contribution in [-0.4, -0.2) is 33.9 Å². The summed E-state index contributed by atoms with van der Waals surface area (Å²) in [4.78, 5) is 0. The predicted molar refractivity (Wildman–Crippen MR) is 68.8 cm³/mol. The van der Waals surface area contributed by atoms with Crippen molar-refractivity contribution in [1.29, 1.82) is 0 Å². The van der Waals surface area contributed by atoms with Gasteiger partial charge in [-0.15, -0.1) is 0 Å². The molecule has 0 saturated carbocycles. The van der Waals surface area contributed by atoms with E-state index < -0.39 is 5.34 Å². The zero-order valence-corrected chi connectivity index (χ0v) is 10.2. The highest BCUT2D eigenvalue weighted by atomic mass is 16.7. The van der Waals surface area contributed by atoms with Crippen LogP contribution in [0.25, 0.3) is 0 Å². The highest BCUT2D eigenvalue weighted by Crippen LogP contribution is 2.32. The Morgan fingerprint density at radius 3 is 2.76 bits per heavy atom. The maximum atomic E-state index is 5.70. The van der Waals surface area contributed by atoms with Gasteiger partial charge in [0.05, 0.1) is 15.7 Å². The van der Waals surface area contributed by atoms with Crippen molar-refractivity contribution in [3.63, 3.8) is 0 Å². The zero-order chi connectivity index (χ0) is 12.5. The first-order chi connectivity index (χ1) is 7.94. The first kappa shape index (κ1) is 12.4. The summed E-state index contributed by atoms with van der Waals surface area (Å²) in [5.74, 6) is 1.61. The van der Waals surface area contributed by atoms with E-state index in [4.69, 9.17) is 25.2 Å². The lowest BCUT2D eigenvalue weighted by Crippen LogP contribution is -2.48. The van der Waals surface area contributed by atoms with Crippen molar-refractivity contribution in [2.24, 2.45) is 0 Å². The summed E-state index contributed by atoms with van der Waals surface area (Å²) in [7, 11) is 11.4. The molecule has 1 aliphatic rings. The molecule has 0 amide bonds. The van der Waals surface area contributed by atoms with Gasteiger partial charge in [-0.3, -0.25) is 0 Å². The molecule has 4 radical (unpaired) electrons. The lowest BCUT2D eigenvalue weighted by atomic mass is 9.63. The number of ether oxygens (including phenoxy) is 2. The lowest BCUT2D eigenvalue weighted by molar-refractivity contribution is 0.174. The van der Waals surface area contributed by atoms with Gasteiger partial charge in [0.2, 0.25) is 6.79 Å². The molecule has 0 saturated heterocycles. The molecule has 5 heteroatoms. The topological polar surface area (TPSA) is 30.5 Å². The summed E-state index contributed by atoms with van der Waals surface area (Å²) in [5, 5.41) is 2.27. The third-order valence-electron chi connectivity index (χ3n) is 2.54. The Morgan fingerprint density at radius 2 is 2.06 bits per heavy atom. The largest absolute Gasteiger partial charge is 0.454 e. The molecule has 86 valence electrons. The summed E-state index contributed by atoms with van der Waals surface area (Å²) in [5.41, 5.74) is 1.17. The van der Waals surface area contributed by atoms with Crippen LogP contribution in [0.3, 0.4) is 0 Å². The normalized spacial score (nSPS) is 15.9. The molecule has 0 spiro atoms. The second kappa shape index (κ2) is 4.65. The smallest absolute Gasteiger partial charge is 0.231 e. The molecule has 0 aromatic heterocycles. The fourth-order valence-corrected chi connectivity index (χ4v) is 2.00. The van der Waals surface area contributed by atoms with Gasteiger partial charge in [-0.25, -0.2) is 0 Å². The quantitative estimate of drug-likeness (QED) is 0.776. The molecule has 1 aliphatic heterocycles. The van der Waals surface area contributed by atoms with E-state index in [0.29, 0.717) is 6.79 Å². The maximum absolute atomic E-state index is 5.70. The maximum Gasteiger partial charge on any atom is 0.231 e. The second-order valence-electron chi connectivity index (χ2n) is 4.72. The van der Waals surface area contributed by atoms with Crippen LogP contribution >= 0.6 is 0 Å². The second-order valence-corrected chi connectivity index (χ2v) is 4.72. The minimum atomic E-state index is -0.851. The predicted octanol–water partition coefficient (Wildman–Crippen LogP) is 0.947. The highest BCUT2D eigenvalue weighted by Gasteiger charge is 2.16. The number of rotatable bonds is 4. The number of benzene rings is 1. The summed E-state index contributed by atoms with van der Waals surface area (Å²) < 4.78 is 10.6. The molecule has 0 fully saturated rings. The van der Waals surface area contributed by atoms with E-state index in [1.807, 2.05) is 25.1 Å². The summed E-state index contributed by atoms with van der Waals surface area (Å²) in [6.07, 6.45) is 0.834. The van der Waals surface area contributed by atoms with Gasteiger partial charge in [-0.1, -0.05) is 18.3 Å². The van der Waals surface area contributed by atoms with Crippen molar-refractivity contribution in [3.8, 4) is 11.5 Å². The molecular weight excluding hydrogens is 212 g/mol. The van der Waals surface area contributed by atoms with Crippen LogP contribution in [0.5, 0.6) is 11.5 Å². The fraction of sp³-hybridized carbons (Fsp3) is 0.500. The highest BCUT2D eigenvalue weighted by molar-refractivity contribution is 6.39. The Kier molecular flexibility index (Phi) is 3.38. The molecule has 1 heterocycles. The third kappa shape index (κ3) is 3.43. The molecule has 0 aliphatic carbocycles. The number of hydrogen-bond donors (Lipinski definition) is 1. The molecule has 1 aromatic carbocycles. The first-order valence-corrected chi connectivity index (χ1v) is 5.68. The van der Waals surface area contributed by atoms with Gasteiger partial charge in [-0.05, 0) is 31.0 Å². The Labute approximate surface area is 105 Å². The Balaban J connectivity index is 1.99. The van der Waals surface area contributed by atoms with E-state index in [1.165, 1.54) is 5.56 Å². The molecule has 1 aromatic rings. The Hall–Kier alpha value is -1.09. The van der Waals surface area contributed by atoms with E-state index >= 15 is 0 Å². The molecule has 17 heavy (non-hydrogen) atoms. The summed E-state index contributed by atoms with van der Waals surface area (Å²) in [6, 6.07) is 6.13. The van der Waals surface area contributed by atoms with Gasteiger partial charge in [0.15, 0.2) is 11.5 Å². The average molecular weight is 227 g/mol. The molecule has 3 nitrogen and oxygen atoms in total. The first-order valence-electron chi connectivity index (χ1n) is 5.68. The van der Waals surface area contributed by atoms with E-state index in [0.717, 1.165) is 17.9 Å². The van der Waals surface area contributed by atoms with Crippen molar-refractivity contribution in [2.75, 3.05) is 6.79 Å². The summed E-state index contributed by atoms with van der Waals surface area (Å²) >= 11 is 0. The Bertz CT molecular complexity index is 404. The van der Waals surface area contributed by atoms with Crippen LogP contribution in [0.2, 0.25) is 0 Å². The van der Waals surface area contributed by atoms with Crippen molar-refractivity contribution >= 4 is 15.7 Å². The minimum Gasteiger partial charge on any atom is -0.454 e. The van der Waals surface area contributed by atoms with Crippen molar-refractivity contribution < 1.29 is 9.47 Å². The number of hydrogen-bond acceptors (Lipinski definition) is 3. The van der Waals surface area contributed by atoms with Crippen molar-refractivity contribution in [3.05, 3.63) is 23.8 Å². The molecule has 1 atom stereocenters.